The Bertz CT molecular complexity index is 662. The van der Waals surface area contributed by atoms with E-state index in [-0.39, 0.29) is 0 Å². The van der Waals surface area contributed by atoms with Gasteiger partial charge in [0.25, 0.3) is 0 Å². The number of nitrogens with zero attached hydrogens (tertiary/aromatic N) is 1. The molecule has 0 aliphatic heterocycles. The lowest BCUT2D eigenvalue weighted by Crippen LogP contribution is -2.35. The third kappa shape index (κ3) is 4.29. The maximum absolute atomic E-state index is 5.70. The molecular formula is C16H19N4S+. The molecule has 0 heterocycles. The van der Waals surface area contributed by atoms with Crippen molar-refractivity contribution in [1.29, 1.82) is 0 Å². The van der Waals surface area contributed by atoms with Crippen LogP contribution in [0.1, 0.15) is 12.5 Å². The molecule has 0 spiro atoms. The molecule has 2 aromatic rings. The molecule has 0 radical (unpaired) electrons. The second-order valence-corrected chi connectivity index (χ2v) is 5.06. The monoisotopic (exact) mass is 299 g/mol. The maximum atomic E-state index is 5.70. The largest absolute Gasteiger partial charge is 0.399 e. The Hall–Kier alpha value is -2.40. The van der Waals surface area contributed by atoms with E-state index in [2.05, 4.69) is 10.7 Å². The van der Waals surface area contributed by atoms with E-state index in [9.17, 15) is 0 Å². The lowest BCUT2D eigenvalue weighted by molar-refractivity contribution is -0.482. The van der Waals surface area contributed by atoms with Gasteiger partial charge in [0.15, 0.2) is 6.21 Å². The summed E-state index contributed by atoms with van der Waals surface area (Å²) in [6, 6.07) is 15.6. The molecule has 0 aliphatic rings. The van der Waals surface area contributed by atoms with E-state index in [1.807, 2.05) is 73.3 Å². The van der Waals surface area contributed by atoms with Crippen LogP contribution in [-0.4, -0.2) is 16.0 Å². The summed E-state index contributed by atoms with van der Waals surface area (Å²) in [6.07, 6.45) is 1.90. The van der Waals surface area contributed by atoms with Crippen molar-refractivity contribution in [1.82, 2.24) is 5.43 Å². The molecule has 2 aromatic carbocycles. The topological polar surface area (TPSA) is 53.1 Å². The summed E-state index contributed by atoms with van der Waals surface area (Å²) < 4.78 is 1.84. The fourth-order valence-electron chi connectivity index (χ4n) is 1.90. The van der Waals surface area contributed by atoms with Crippen LogP contribution in [0.4, 0.5) is 17.1 Å². The number of rotatable bonds is 3. The van der Waals surface area contributed by atoms with Gasteiger partial charge in [-0.05, 0) is 49.0 Å². The van der Waals surface area contributed by atoms with Crippen LogP contribution in [0.15, 0.2) is 48.5 Å². The Kier molecular flexibility index (Phi) is 4.90. The number of aryl methyl sites for hydroxylation is 1. The van der Waals surface area contributed by atoms with Gasteiger partial charge in [-0.3, -0.25) is 0 Å². The molecule has 0 saturated heterocycles. The number of anilines is 2. The maximum Gasteiger partial charge on any atom is 0.235 e. The lowest BCUT2D eigenvalue weighted by atomic mass is 10.2. The summed E-state index contributed by atoms with van der Waals surface area (Å²) in [5.41, 5.74) is 12.7. The first-order valence-electron chi connectivity index (χ1n) is 6.67. The van der Waals surface area contributed by atoms with Crippen LogP contribution in [0.2, 0.25) is 0 Å². The van der Waals surface area contributed by atoms with Crippen molar-refractivity contribution in [3.63, 3.8) is 0 Å². The third-order valence-electron chi connectivity index (χ3n) is 2.93. The highest BCUT2D eigenvalue weighted by atomic mass is 32.1. The van der Waals surface area contributed by atoms with Gasteiger partial charge in [0.1, 0.15) is 0 Å². The van der Waals surface area contributed by atoms with E-state index in [4.69, 9.17) is 18.0 Å². The number of benzene rings is 2. The normalized spacial score (nSPS) is 11.0. The summed E-state index contributed by atoms with van der Waals surface area (Å²) in [4.78, 5) is 0. The van der Waals surface area contributed by atoms with Crippen LogP contribution in [0.3, 0.4) is 0 Å². The molecule has 0 fully saturated rings. The summed E-state index contributed by atoms with van der Waals surface area (Å²) in [7, 11) is 0. The Morgan fingerprint density at radius 2 is 1.90 bits per heavy atom. The minimum atomic E-state index is 0.524. The predicted molar refractivity (Wildman–Crippen MR) is 93.0 cm³/mol. The van der Waals surface area contributed by atoms with Crippen molar-refractivity contribution in [2.45, 2.75) is 13.8 Å². The van der Waals surface area contributed by atoms with Gasteiger partial charge in [0.2, 0.25) is 10.8 Å². The van der Waals surface area contributed by atoms with Gasteiger partial charge >= 0.3 is 0 Å². The smallest absolute Gasteiger partial charge is 0.235 e. The van der Waals surface area contributed by atoms with Crippen molar-refractivity contribution in [2.24, 2.45) is 0 Å². The minimum absolute atomic E-state index is 0.524. The predicted octanol–water partition coefficient (Wildman–Crippen LogP) is 3.21. The first kappa shape index (κ1) is 15.0. The highest BCUT2D eigenvalue weighted by Gasteiger charge is 2.10. The van der Waals surface area contributed by atoms with Crippen molar-refractivity contribution in [2.75, 3.05) is 11.1 Å². The van der Waals surface area contributed by atoms with Crippen LogP contribution in [0, 0.1) is 6.92 Å². The second kappa shape index (κ2) is 6.85. The first-order chi connectivity index (χ1) is 10.1. The Morgan fingerprint density at radius 3 is 2.52 bits per heavy atom. The Balaban J connectivity index is 2.05. The molecule has 0 aliphatic carbocycles. The summed E-state index contributed by atoms with van der Waals surface area (Å²) >= 11 is 5.34. The Labute approximate surface area is 130 Å². The van der Waals surface area contributed by atoms with Gasteiger partial charge in [-0.25, -0.2) is 0 Å². The molecule has 0 bridgehead atoms. The van der Waals surface area contributed by atoms with E-state index < -0.39 is 0 Å². The standard InChI is InChI=1S/C16H18N4S/c1-3-20(15-9-7-13(17)8-10-15)19-16(21)18-14-6-4-5-12(2)11-14/h3-11H,17H2,1-2H3,(H-,18,19,21)/p+1. The SMILES string of the molecule is CC=[N+](NC(=S)Nc1cccc(C)c1)c1ccc(N)cc1. The fourth-order valence-corrected chi connectivity index (χ4v) is 2.12. The van der Waals surface area contributed by atoms with Gasteiger partial charge in [0.05, 0.1) is 0 Å². The summed E-state index contributed by atoms with van der Waals surface area (Å²) in [5, 5.41) is 3.69. The van der Waals surface area contributed by atoms with Gasteiger partial charge in [0, 0.05) is 30.4 Å². The molecule has 0 unspecified atom stereocenters. The molecule has 5 heteroatoms. The highest BCUT2D eigenvalue weighted by molar-refractivity contribution is 7.80. The summed E-state index contributed by atoms with van der Waals surface area (Å²) in [5.74, 6) is 0. The molecule has 0 aromatic heterocycles. The zero-order valence-corrected chi connectivity index (χ0v) is 12.9. The van der Waals surface area contributed by atoms with E-state index >= 15 is 0 Å². The number of hydrogen-bond donors (Lipinski definition) is 3. The average molecular weight is 299 g/mol. The van der Waals surface area contributed by atoms with Gasteiger partial charge < -0.3 is 11.1 Å². The number of nitrogens with two attached hydrogens (primary N) is 1. The molecule has 4 N–H and O–H groups in total. The van der Waals surface area contributed by atoms with E-state index in [0.29, 0.717) is 5.11 Å². The quantitative estimate of drug-likeness (QED) is 0.268. The van der Waals surface area contributed by atoms with Crippen LogP contribution < -0.4 is 16.5 Å². The third-order valence-corrected chi connectivity index (χ3v) is 3.12. The number of hydrogen-bond acceptors (Lipinski definition) is 2. The molecule has 0 atom stereocenters. The number of nitrogen functional groups attached to an aromatic ring is 1. The summed E-state index contributed by atoms with van der Waals surface area (Å²) in [6.45, 7) is 3.97. The van der Waals surface area contributed by atoms with Crippen LogP contribution >= 0.6 is 12.2 Å². The number of hydrazine groups is 1. The van der Waals surface area contributed by atoms with Crippen molar-refractivity contribution >= 4 is 40.6 Å². The molecule has 4 nitrogen and oxygen atoms in total. The molecular weight excluding hydrogens is 280 g/mol. The van der Waals surface area contributed by atoms with E-state index in [1.54, 1.807) is 0 Å². The van der Waals surface area contributed by atoms with Crippen LogP contribution in [0.25, 0.3) is 0 Å². The van der Waals surface area contributed by atoms with Gasteiger partial charge in [-0.15, -0.1) is 5.43 Å². The van der Waals surface area contributed by atoms with E-state index in [0.717, 1.165) is 17.1 Å². The molecule has 0 amide bonds. The van der Waals surface area contributed by atoms with Crippen LogP contribution in [0.5, 0.6) is 0 Å². The van der Waals surface area contributed by atoms with E-state index in [1.165, 1.54) is 5.56 Å². The highest BCUT2D eigenvalue weighted by Crippen LogP contribution is 2.13. The fraction of sp³-hybridized carbons (Fsp3) is 0.125. The second-order valence-electron chi connectivity index (χ2n) is 4.66. The van der Waals surface area contributed by atoms with Gasteiger partial charge in [-0.2, -0.15) is 0 Å². The average Bonchev–Trinajstić information content (AvgIpc) is 2.46. The first-order valence-corrected chi connectivity index (χ1v) is 7.08. The molecule has 108 valence electrons. The van der Waals surface area contributed by atoms with Crippen LogP contribution in [-0.2, 0) is 0 Å². The van der Waals surface area contributed by atoms with Gasteiger partial charge in [-0.1, -0.05) is 16.8 Å². The molecule has 0 saturated carbocycles. The zero-order valence-electron chi connectivity index (χ0n) is 12.1. The minimum Gasteiger partial charge on any atom is -0.399 e. The number of thiocarbonyl (C=S) groups is 1. The molecule has 21 heavy (non-hydrogen) atoms. The number of hydrazone groups is 1. The Morgan fingerprint density at radius 1 is 1.19 bits per heavy atom. The zero-order chi connectivity index (χ0) is 15.2. The lowest BCUT2D eigenvalue weighted by Gasteiger charge is -2.09. The van der Waals surface area contributed by atoms with Crippen molar-refractivity contribution in [3.8, 4) is 0 Å². The molecule has 2 rings (SSSR count). The van der Waals surface area contributed by atoms with Crippen molar-refractivity contribution < 1.29 is 4.68 Å². The van der Waals surface area contributed by atoms with Crippen molar-refractivity contribution in [3.05, 3.63) is 54.1 Å². The number of nitrogens with one attached hydrogen (secondary N) is 2.